The van der Waals surface area contributed by atoms with Crippen LogP contribution in [0.15, 0.2) is 30.0 Å². The fourth-order valence-corrected chi connectivity index (χ4v) is 3.75. The topological polar surface area (TPSA) is 109 Å². The summed E-state index contributed by atoms with van der Waals surface area (Å²) in [4.78, 5) is 1.97. The van der Waals surface area contributed by atoms with E-state index in [0.29, 0.717) is 30.8 Å². The number of benzene rings is 1. The van der Waals surface area contributed by atoms with Crippen molar-refractivity contribution >= 4 is 15.7 Å². The van der Waals surface area contributed by atoms with E-state index in [1.54, 1.807) is 0 Å². The SMILES string of the molecule is CS(=O)(=O)N/C=C1/CN(C2CO[C@H](c3cc(F)ccc3F)C(N)C2)CC1=N. The summed E-state index contributed by atoms with van der Waals surface area (Å²) in [7, 11) is -3.38. The summed E-state index contributed by atoms with van der Waals surface area (Å²) in [6, 6.07) is 2.57. The number of hydrogen-bond acceptors (Lipinski definition) is 6. The molecule has 1 aromatic rings. The monoisotopic (exact) mass is 400 g/mol. The van der Waals surface area contributed by atoms with Gasteiger partial charge in [0.1, 0.15) is 17.7 Å². The van der Waals surface area contributed by atoms with E-state index >= 15 is 0 Å². The maximum Gasteiger partial charge on any atom is 0.229 e. The Morgan fingerprint density at radius 2 is 2.11 bits per heavy atom. The van der Waals surface area contributed by atoms with Crippen LogP contribution in [-0.2, 0) is 14.8 Å². The van der Waals surface area contributed by atoms with Crippen LogP contribution >= 0.6 is 0 Å². The molecule has 4 N–H and O–H groups in total. The maximum atomic E-state index is 14.0. The number of nitrogens with one attached hydrogen (secondary N) is 2. The van der Waals surface area contributed by atoms with Crippen molar-refractivity contribution < 1.29 is 21.9 Å². The van der Waals surface area contributed by atoms with Gasteiger partial charge in [-0.3, -0.25) is 9.62 Å². The number of likely N-dealkylation sites (tertiary alicyclic amines) is 1. The summed E-state index contributed by atoms with van der Waals surface area (Å²) in [5.41, 5.74) is 7.17. The molecule has 148 valence electrons. The minimum Gasteiger partial charge on any atom is -0.370 e. The van der Waals surface area contributed by atoms with Crippen molar-refractivity contribution in [3.63, 3.8) is 0 Å². The summed E-state index contributed by atoms with van der Waals surface area (Å²) >= 11 is 0. The second kappa shape index (κ2) is 7.63. The number of hydrogen-bond donors (Lipinski definition) is 3. The van der Waals surface area contributed by atoms with Crippen molar-refractivity contribution in [1.29, 1.82) is 5.41 Å². The van der Waals surface area contributed by atoms with Crippen LogP contribution in [-0.4, -0.2) is 57.1 Å². The third-order valence-corrected chi connectivity index (χ3v) is 5.30. The third kappa shape index (κ3) is 4.70. The fraction of sp³-hybridized carbons (Fsp3) is 0.471. The molecule has 27 heavy (non-hydrogen) atoms. The van der Waals surface area contributed by atoms with E-state index in [2.05, 4.69) is 4.72 Å². The Labute approximate surface area is 156 Å². The predicted molar refractivity (Wildman–Crippen MR) is 96.8 cm³/mol. The molecule has 2 aliphatic heterocycles. The lowest BCUT2D eigenvalue weighted by Gasteiger charge is -2.38. The van der Waals surface area contributed by atoms with E-state index in [0.717, 1.165) is 24.5 Å². The Hall–Kier alpha value is -1.88. The molecule has 2 unspecified atom stereocenters. The summed E-state index contributed by atoms with van der Waals surface area (Å²) in [5.74, 6) is -1.11. The van der Waals surface area contributed by atoms with Gasteiger partial charge in [0.05, 0.1) is 18.6 Å². The molecular formula is C17H22F2N4O3S. The summed E-state index contributed by atoms with van der Waals surface area (Å²) in [5, 5.41) is 8.03. The van der Waals surface area contributed by atoms with E-state index in [-0.39, 0.29) is 18.2 Å². The highest BCUT2D eigenvalue weighted by Crippen LogP contribution is 2.32. The highest BCUT2D eigenvalue weighted by atomic mass is 32.2. The number of halogens is 2. The van der Waals surface area contributed by atoms with E-state index in [1.807, 2.05) is 4.90 Å². The van der Waals surface area contributed by atoms with Crippen LogP contribution in [0.25, 0.3) is 0 Å². The average molecular weight is 400 g/mol. The first-order chi connectivity index (χ1) is 12.6. The molecule has 0 aromatic heterocycles. The normalized spacial score (nSPS) is 28.7. The summed E-state index contributed by atoms with van der Waals surface area (Å²) in [6.45, 7) is 0.993. The molecule has 0 amide bonds. The van der Waals surface area contributed by atoms with Crippen LogP contribution in [0.1, 0.15) is 18.1 Å². The van der Waals surface area contributed by atoms with Gasteiger partial charge in [0, 0.05) is 42.5 Å². The molecule has 3 atom stereocenters. The lowest BCUT2D eigenvalue weighted by Crippen LogP contribution is -2.48. The number of sulfonamides is 1. The number of rotatable bonds is 4. The second-order valence-electron chi connectivity index (χ2n) is 6.92. The molecule has 3 rings (SSSR count). The first-order valence-corrected chi connectivity index (χ1v) is 10.3. The van der Waals surface area contributed by atoms with Crippen LogP contribution in [0, 0.1) is 17.0 Å². The second-order valence-corrected chi connectivity index (χ2v) is 8.70. The minimum absolute atomic E-state index is 0.0997. The molecule has 2 aliphatic rings. The van der Waals surface area contributed by atoms with Crippen LogP contribution in [0.5, 0.6) is 0 Å². The predicted octanol–water partition coefficient (Wildman–Crippen LogP) is 0.891. The van der Waals surface area contributed by atoms with Crippen molar-refractivity contribution in [2.75, 3.05) is 26.0 Å². The summed E-state index contributed by atoms with van der Waals surface area (Å²) in [6.07, 6.45) is 2.12. The van der Waals surface area contributed by atoms with Gasteiger partial charge in [-0.25, -0.2) is 17.2 Å². The van der Waals surface area contributed by atoms with E-state index in [9.17, 15) is 17.2 Å². The zero-order chi connectivity index (χ0) is 19.8. The first-order valence-electron chi connectivity index (χ1n) is 8.44. The Balaban J connectivity index is 1.66. The molecule has 10 heteroatoms. The van der Waals surface area contributed by atoms with Gasteiger partial charge in [-0.15, -0.1) is 0 Å². The standard InChI is InChI=1S/C17H22F2N4O3S/c1-27(24,25)22-6-10-7-23(8-16(10)21)12-5-15(20)17(26-9-12)13-4-11(18)2-3-14(13)19/h2-4,6,12,15,17,21-22H,5,7-9,20H2,1H3/b10-6-,21-16?/t12?,15?,17-/m1/s1. The summed E-state index contributed by atoms with van der Waals surface area (Å²) < 4.78 is 57.9. The molecule has 1 aromatic carbocycles. The zero-order valence-electron chi connectivity index (χ0n) is 14.8. The molecular weight excluding hydrogens is 378 g/mol. The Kier molecular flexibility index (Phi) is 5.61. The van der Waals surface area contributed by atoms with Crippen molar-refractivity contribution in [2.24, 2.45) is 5.73 Å². The number of nitrogens with zero attached hydrogens (tertiary/aromatic N) is 1. The van der Waals surface area contributed by atoms with Gasteiger partial charge in [0.15, 0.2) is 0 Å². The average Bonchev–Trinajstić information content (AvgIpc) is 2.96. The maximum absolute atomic E-state index is 14.0. The molecule has 0 aliphatic carbocycles. The quantitative estimate of drug-likeness (QED) is 0.696. The molecule has 2 saturated heterocycles. The molecule has 2 heterocycles. The van der Waals surface area contributed by atoms with Gasteiger partial charge in [0.2, 0.25) is 10.0 Å². The molecule has 0 saturated carbocycles. The number of nitrogens with two attached hydrogens (primary N) is 1. The van der Waals surface area contributed by atoms with E-state index < -0.39 is 33.8 Å². The zero-order valence-corrected chi connectivity index (χ0v) is 15.6. The van der Waals surface area contributed by atoms with E-state index in [1.165, 1.54) is 6.20 Å². The van der Waals surface area contributed by atoms with Gasteiger partial charge in [-0.05, 0) is 24.6 Å². The van der Waals surface area contributed by atoms with Crippen molar-refractivity contribution in [1.82, 2.24) is 9.62 Å². The third-order valence-electron chi connectivity index (χ3n) is 4.75. The van der Waals surface area contributed by atoms with Gasteiger partial charge in [-0.2, -0.15) is 0 Å². The van der Waals surface area contributed by atoms with Crippen LogP contribution in [0.3, 0.4) is 0 Å². The molecule has 0 spiro atoms. The largest absolute Gasteiger partial charge is 0.370 e. The molecule has 7 nitrogen and oxygen atoms in total. The minimum atomic E-state index is -3.38. The molecule has 0 radical (unpaired) electrons. The smallest absolute Gasteiger partial charge is 0.229 e. The van der Waals surface area contributed by atoms with Crippen LogP contribution in [0.2, 0.25) is 0 Å². The number of ether oxygens (including phenoxy) is 1. The molecule has 2 fully saturated rings. The fourth-order valence-electron chi connectivity index (χ4n) is 3.40. The van der Waals surface area contributed by atoms with Gasteiger partial charge in [-0.1, -0.05) is 0 Å². The lowest BCUT2D eigenvalue weighted by molar-refractivity contribution is -0.0452. The first kappa shape index (κ1) is 19.9. The molecule has 0 bridgehead atoms. The van der Waals surface area contributed by atoms with Gasteiger partial charge in [0.25, 0.3) is 0 Å². The van der Waals surface area contributed by atoms with E-state index in [4.69, 9.17) is 15.9 Å². The Bertz CT molecular complexity index is 875. The Morgan fingerprint density at radius 3 is 2.78 bits per heavy atom. The highest BCUT2D eigenvalue weighted by Gasteiger charge is 2.37. The van der Waals surface area contributed by atoms with Crippen molar-refractivity contribution in [3.05, 3.63) is 47.2 Å². The van der Waals surface area contributed by atoms with Gasteiger partial charge >= 0.3 is 0 Å². The van der Waals surface area contributed by atoms with Crippen LogP contribution in [0.4, 0.5) is 8.78 Å². The highest BCUT2D eigenvalue weighted by molar-refractivity contribution is 7.88. The van der Waals surface area contributed by atoms with Gasteiger partial charge < -0.3 is 15.9 Å². The lowest BCUT2D eigenvalue weighted by atomic mass is 9.93. The van der Waals surface area contributed by atoms with Crippen molar-refractivity contribution in [2.45, 2.75) is 24.6 Å². The Morgan fingerprint density at radius 1 is 1.37 bits per heavy atom. The van der Waals surface area contributed by atoms with Crippen LogP contribution < -0.4 is 10.5 Å². The van der Waals surface area contributed by atoms with Crippen molar-refractivity contribution in [3.8, 4) is 0 Å².